The minimum atomic E-state index is -0.704. The first-order chi connectivity index (χ1) is 19.5. The maximum atomic E-state index is 14.2. The van der Waals surface area contributed by atoms with Crippen LogP contribution < -0.4 is 10.2 Å². The Labute approximate surface area is 230 Å². The fourth-order valence-corrected chi connectivity index (χ4v) is 5.93. The van der Waals surface area contributed by atoms with E-state index in [0.717, 1.165) is 33.3 Å². The van der Waals surface area contributed by atoms with Crippen molar-refractivity contribution in [2.24, 2.45) is 0 Å². The number of aryl methyl sites for hydroxylation is 1. The molecule has 0 unspecified atom stereocenters. The first kappa shape index (κ1) is 24.0. The number of carbonyl (C=O) groups excluding carboxylic acids is 3. The molecule has 2 N–H and O–H groups in total. The van der Waals surface area contributed by atoms with E-state index in [0.29, 0.717) is 12.2 Å². The van der Waals surface area contributed by atoms with E-state index in [-0.39, 0.29) is 23.7 Å². The third-order valence-electron chi connectivity index (χ3n) is 7.84. The van der Waals surface area contributed by atoms with Gasteiger partial charge in [0.25, 0.3) is 11.8 Å². The molecule has 0 saturated carbocycles. The number of para-hydroxylation sites is 2. The molecule has 2 aliphatic rings. The molecule has 2 aromatic heterocycles. The number of aromatic nitrogens is 1. The maximum absolute atomic E-state index is 14.2. The number of benzene rings is 3. The molecule has 8 nitrogen and oxygen atoms in total. The molecule has 4 amide bonds. The third-order valence-corrected chi connectivity index (χ3v) is 7.84. The zero-order valence-electron chi connectivity index (χ0n) is 21.8. The van der Waals surface area contributed by atoms with Crippen LogP contribution in [-0.2, 0) is 17.8 Å². The van der Waals surface area contributed by atoms with Crippen molar-refractivity contribution in [2.75, 3.05) is 4.90 Å². The molecular formula is C32H26N4O4. The van der Waals surface area contributed by atoms with Gasteiger partial charge in [0.15, 0.2) is 0 Å². The summed E-state index contributed by atoms with van der Waals surface area (Å²) >= 11 is 0. The average Bonchev–Trinajstić information content (AvgIpc) is 3.69. The normalized spacial score (nSPS) is 18.2. The summed E-state index contributed by atoms with van der Waals surface area (Å²) in [4.78, 5) is 47.9. The van der Waals surface area contributed by atoms with Gasteiger partial charge in [-0.05, 0) is 48.4 Å². The number of hydrogen-bond donors (Lipinski definition) is 2. The number of H-pyrrole nitrogens is 1. The standard InChI is InChI=1S/C32H26N4O4/c1-19-12-14-20(15-13-19)29-28-24(22-8-2-4-10-25(22)34-28)17-27-31(38)36(32(39)35(27)29)26-11-5-3-9-23(26)30(37)33-18-21-7-6-16-40-21/h2-16,27,29,34H,17-18H2,1H3,(H,33,37)/t27-,29-/m0/s1. The van der Waals surface area contributed by atoms with Gasteiger partial charge in [0.2, 0.25) is 0 Å². The number of nitrogens with one attached hydrogen (secondary N) is 2. The summed E-state index contributed by atoms with van der Waals surface area (Å²) in [6.07, 6.45) is 1.92. The van der Waals surface area contributed by atoms with Crippen LogP contribution in [0.2, 0.25) is 0 Å². The van der Waals surface area contributed by atoms with Gasteiger partial charge in [-0.2, -0.15) is 0 Å². The van der Waals surface area contributed by atoms with Crippen LogP contribution >= 0.6 is 0 Å². The van der Waals surface area contributed by atoms with Gasteiger partial charge in [0.05, 0.1) is 24.1 Å². The molecule has 2 atom stereocenters. The molecule has 3 aromatic carbocycles. The molecule has 8 heteroatoms. The lowest BCUT2D eigenvalue weighted by Crippen LogP contribution is -2.44. The van der Waals surface area contributed by atoms with Gasteiger partial charge < -0.3 is 14.7 Å². The lowest BCUT2D eigenvalue weighted by molar-refractivity contribution is -0.120. The molecule has 7 rings (SSSR count). The van der Waals surface area contributed by atoms with Crippen LogP contribution in [0.5, 0.6) is 0 Å². The average molecular weight is 531 g/mol. The highest BCUT2D eigenvalue weighted by Crippen LogP contribution is 2.45. The van der Waals surface area contributed by atoms with Crippen molar-refractivity contribution >= 4 is 34.4 Å². The monoisotopic (exact) mass is 530 g/mol. The first-order valence-corrected chi connectivity index (χ1v) is 13.2. The molecule has 0 radical (unpaired) electrons. The number of hydrogen-bond acceptors (Lipinski definition) is 4. The molecular weight excluding hydrogens is 504 g/mol. The number of anilines is 1. The summed E-state index contributed by atoms with van der Waals surface area (Å²) in [6, 6.07) is 24.6. The Kier molecular flexibility index (Phi) is 5.55. The van der Waals surface area contributed by atoms with Crippen molar-refractivity contribution in [2.45, 2.75) is 32.0 Å². The van der Waals surface area contributed by atoms with E-state index in [2.05, 4.69) is 10.3 Å². The van der Waals surface area contributed by atoms with Crippen molar-refractivity contribution in [1.29, 1.82) is 0 Å². The van der Waals surface area contributed by atoms with Crippen molar-refractivity contribution in [3.63, 3.8) is 0 Å². The van der Waals surface area contributed by atoms with E-state index in [1.54, 1.807) is 41.3 Å². The van der Waals surface area contributed by atoms with Crippen LogP contribution in [-0.4, -0.2) is 33.8 Å². The fraction of sp³-hybridized carbons (Fsp3) is 0.156. The van der Waals surface area contributed by atoms with Gasteiger partial charge in [-0.1, -0.05) is 60.2 Å². The number of imide groups is 1. The Morgan fingerprint density at radius 3 is 2.55 bits per heavy atom. The van der Waals surface area contributed by atoms with Crippen molar-refractivity contribution in [3.05, 3.63) is 125 Å². The lowest BCUT2D eigenvalue weighted by Gasteiger charge is -2.36. The highest BCUT2D eigenvalue weighted by atomic mass is 16.3. The number of carbonyl (C=O) groups is 3. The van der Waals surface area contributed by atoms with Crippen LogP contribution in [0.25, 0.3) is 10.9 Å². The van der Waals surface area contributed by atoms with E-state index < -0.39 is 24.0 Å². The minimum Gasteiger partial charge on any atom is -0.467 e. The minimum absolute atomic E-state index is 0.189. The summed E-state index contributed by atoms with van der Waals surface area (Å²) in [6.45, 7) is 2.20. The Balaban J connectivity index is 1.30. The van der Waals surface area contributed by atoms with Crippen molar-refractivity contribution < 1.29 is 18.8 Å². The number of rotatable bonds is 5. The number of fused-ring (bicyclic) bond motifs is 4. The Hall–Kier alpha value is -5.11. The summed E-state index contributed by atoms with van der Waals surface area (Å²) in [5.74, 6) is -0.140. The SMILES string of the molecule is Cc1ccc([C@H]2c3[nH]c4ccccc4c3C[C@H]3C(=O)N(c4ccccc4C(=O)NCc4ccco4)C(=O)N23)cc1. The highest BCUT2D eigenvalue weighted by molar-refractivity contribution is 6.24. The second-order valence-electron chi connectivity index (χ2n) is 10.2. The molecule has 5 aromatic rings. The zero-order chi connectivity index (χ0) is 27.4. The molecule has 1 saturated heterocycles. The fourth-order valence-electron chi connectivity index (χ4n) is 5.93. The van der Waals surface area contributed by atoms with Gasteiger partial charge in [-0.25, -0.2) is 9.69 Å². The molecule has 0 spiro atoms. The largest absolute Gasteiger partial charge is 0.467 e. The Bertz CT molecular complexity index is 1770. The number of furan rings is 1. The van der Waals surface area contributed by atoms with Gasteiger partial charge in [-0.3, -0.25) is 14.5 Å². The van der Waals surface area contributed by atoms with Crippen molar-refractivity contribution in [3.8, 4) is 0 Å². The molecule has 40 heavy (non-hydrogen) atoms. The van der Waals surface area contributed by atoms with Crippen LogP contribution in [0, 0.1) is 6.92 Å². The summed E-state index contributed by atoms with van der Waals surface area (Å²) < 4.78 is 5.32. The molecule has 4 heterocycles. The smallest absolute Gasteiger partial charge is 0.332 e. The van der Waals surface area contributed by atoms with Gasteiger partial charge in [0.1, 0.15) is 17.8 Å². The topological polar surface area (TPSA) is 98.6 Å². The van der Waals surface area contributed by atoms with Gasteiger partial charge in [0, 0.05) is 23.0 Å². The van der Waals surface area contributed by atoms with Gasteiger partial charge in [-0.15, -0.1) is 0 Å². The van der Waals surface area contributed by atoms with Crippen LogP contribution in [0.15, 0.2) is 95.6 Å². The van der Waals surface area contributed by atoms with E-state index in [1.807, 2.05) is 55.5 Å². The summed E-state index contributed by atoms with van der Waals surface area (Å²) in [5.41, 5.74) is 5.44. The summed E-state index contributed by atoms with van der Waals surface area (Å²) in [5, 5.41) is 3.87. The highest BCUT2D eigenvalue weighted by Gasteiger charge is 2.53. The summed E-state index contributed by atoms with van der Waals surface area (Å²) in [7, 11) is 0. The number of amides is 4. The second kappa shape index (κ2) is 9.27. The second-order valence-corrected chi connectivity index (χ2v) is 10.2. The quantitative estimate of drug-likeness (QED) is 0.294. The van der Waals surface area contributed by atoms with E-state index >= 15 is 0 Å². The third kappa shape index (κ3) is 3.71. The predicted molar refractivity (Wildman–Crippen MR) is 150 cm³/mol. The number of aromatic amines is 1. The van der Waals surface area contributed by atoms with Crippen LogP contribution in [0.1, 0.15) is 44.5 Å². The maximum Gasteiger partial charge on any atom is 0.332 e. The molecule has 2 aliphatic heterocycles. The Morgan fingerprint density at radius 1 is 0.975 bits per heavy atom. The lowest BCUT2D eigenvalue weighted by atomic mass is 9.88. The van der Waals surface area contributed by atoms with Gasteiger partial charge >= 0.3 is 6.03 Å². The van der Waals surface area contributed by atoms with Crippen molar-refractivity contribution in [1.82, 2.24) is 15.2 Å². The predicted octanol–water partition coefficient (Wildman–Crippen LogP) is 5.48. The van der Waals surface area contributed by atoms with Crippen LogP contribution in [0.3, 0.4) is 0 Å². The van der Waals surface area contributed by atoms with E-state index in [4.69, 9.17) is 4.42 Å². The molecule has 0 aliphatic carbocycles. The van der Waals surface area contributed by atoms with E-state index in [9.17, 15) is 14.4 Å². The molecule has 198 valence electrons. The Morgan fingerprint density at radius 2 is 1.75 bits per heavy atom. The van der Waals surface area contributed by atoms with E-state index in [1.165, 1.54) is 11.2 Å². The number of urea groups is 1. The zero-order valence-corrected chi connectivity index (χ0v) is 21.8. The number of nitrogens with zero attached hydrogens (tertiary/aromatic N) is 2. The van der Waals surface area contributed by atoms with Crippen LogP contribution in [0.4, 0.5) is 10.5 Å². The molecule has 1 fully saturated rings. The molecule has 0 bridgehead atoms. The first-order valence-electron chi connectivity index (χ1n) is 13.2.